The summed E-state index contributed by atoms with van der Waals surface area (Å²) < 4.78 is 11.6. The van der Waals surface area contributed by atoms with Crippen molar-refractivity contribution in [1.82, 2.24) is 0 Å². The minimum absolute atomic E-state index is 0.0355. The van der Waals surface area contributed by atoms with Gasteiger partial charge in [0.15, 0.2) is 11.5 Å². The zero-order valence-electron chi connectivity index (χ0n) is 14.0. The normalized spacial score (nSPS) is 13.0. The number of rotatable bonds is 9. The van der Waals surface area contributed by atoms with Crippen molar-refractivity contribution in [3.05, 3.63) is 23.8 Å². The van der Waals surface area contributed by atoms with Gasteiger partial charge in [0, 0.05) is 0 Å². The average molecular weight is 313 g/mol. The summed E-state index contributed by atoms with van der Waals surface area (Å²) in [6.07, 6.45) is 2.98. The molecule has 120 valence electrons. The first-order valence-electron chi connectivity index (χ1n) is 7.99. The lowest BCUT2D eigenvalue weighted by molar-refractivity contribution is 0.267. The van der Waals surface area contributed by atoms with Crippen LogP contribution in [-0.4, -0.2) is 13.2 Å². The van der Waals surface area contributed by atoms with Crippen LogP contribution < -0.4 is 9.47 Å². The molecule has 0 aliphatic heterocycles. The summed E-state index contributed by atoms with van der Waals surface area (Å²) in [4.78, 5) is 0. The van der Waals surface area contributed by atoms with Crippen molar-refractivity contribution >= 4 is 11.6 Å². The minimum atomic E-state index is -0.0355. The summed E-state index contributed by atoms with van der Waals surface area (Å²) in [5.74, 6) is 1.62. The molecule has 0 aliphatic carbocycles. The molecule has 1 atom stereocenters. The van der Waals surface area contributed by atoms with E-state index in [0.717, 1.165) is 36.3 Å². The van der Waals surface area contributed by atoms with E-state index >= 15 is 0 Å². The van der Waals surface area contributed by atoms with Crippen LogP contribution in [0, 0.1) is 5.41 Å². The third-order valence-electron chi connectivity index (χ3n) is 3.78. The Labute approximate surface area is 134 Å². The predicted octanol–water partition coefficient (Wildman–Crippen LogP) is 5.98. The lowest BCUT2D eigenvalue weighted by atomic mass is 9.83. The van der Waals surface area contributed by atoms with E-state index in [1.54, 1.807) is 0 Å². The molecule has 0 fully saturated rings. The summed E-state index contributed by atoms with van der Waals surface area (Å²) in [6, 6.07) is 6.08. The molecule has 0 aromatic heterocycles. The number of benzene rings is 1. The van der Waals surface area contributed by atoms with E-state index in [0.29, 0.717) is 13.2 Å². The molecule has 0 heterocycles. The maximum Gasteiger partial charge on any atom is 0.161 e. The molecule has 0 saturated heterocycles. The highest BCUT2D eigenvalue weighted by atomic mass is 35.5. The van der Waals surface area contributed by atoms with Gasteiger partial charge in [-0.3, -0.25) is 0 Å². The third kappa shape index (κ3) is 5.10. The van der Waals surface area contributed by atoms with E-state index in [9.17, 15) is 0 Å². The zero-order valence-corrected chi connectivity index (χ0v) is 14.8. The average Bonchev–Trinajstić information content (AvgIpc) is 2.50. The minimum Gasteiger partial charge on any atom is -0.490 e. The van der Waals surface area contributed by atoms with Crippen LogP contribution in [-0.2, 0) is 0 Å². The topological polar surface area (TPSA) is 18.5 Å². The van der Waals surface area contributed by atoms with Gasteiger partial charge >= 0.3 is 0 Å². The number of halogens is 1. The SMILES string of the molecule is CCCOc1ccc(C(Cl)C(C)(C)CC)cc1OCCC. The van der Waals surface area contributed by atoms with Crippen molar-refractivity contribution in [1.29, 1.82) is 0 Å². The molecule has 0 aliphatic rings. The second-order valence-electron chi connectivity index (χ2n) is 6.11. The second-order valence-corrected chi connectivity index (χ2v) is 6.54. The van der Waals surface area contributed by atoms with E-state index < -0.39 is 0 Å². The number of ether oxygens (including phenoxy) is 2. The van der Waals surface area contributed by atoms with E-state index in [4.69, 9.17) is 21.1 Å². The fourth-order valence-electron chi connectivity index (χ4n) is 1.97. The number of hydrogen-bond acceptors (Lipinski definition) is 2. The highest BCUT2D eigenvalue weighted by Gasteiger charge is 2.28. The fraction of sp³-hybridized carbons (Fsp3) is 0.667. The Morgan fingerprint density at radius 3 is 2.10 bits per heavy atom. The molecule has 1 unspecified atom stereocenters. The molecule has 0 radical (unpaired) electrons. The number of alkyl halides is 1. The summed E-state index contributed by atoms with van der Waals surface area (Å²) in [7, 11) is 0. The smallest absolute Gasteiger partial charge is 0.161 e. The standard InChI is InChI=1S/C18H29ClO2/c1-6-11-20-15-10-9-14(13-16(15)21-12-7-2)17(19)18(4,5)8-3/h9-10,13,17H,6-8,11-12H2,1-5H3. The molecular weight excluding hydrogens is 284 g/mol. The molecule has 3 heteroatoms. The van der Waals surface area contributed by atoms with Gasteiger partial charge in [0.1, 0.15) is 0 Å². The zero-order chi connectivity index (χ0) is 15.9. The Morgan fingerprint density at radius 2 is 1.57 bits per heavy atom. The Bertz CT molecular complexity index is 429. The summed E-state index contributed by atoms with van der Waals surface area (Å²) in [5.41, 5.74) is 1.15. The van der Waals surface area contributed by atoms with Crippen molar-refractivity contribution in [3.63, 3.8) is 0 Å². The maximum absolute atomic E-state index is 6.66. The van der Waals surface area contributed by atoms with Gasteiger partial charge in [-0.2, -0.15) is 0 Å². The Morgan fingerprint density at radius 1 is 1.00 bits per heavy atom. The molecule has 21 heavy (non-hydrogen) atoms. The lowest BCUT2D eigenvalue weighted by Gasteiger charge is -2.29. The largest absolute Gasteiger partial charge is 0.490 e. The first kappa shape index (κ1) is 18.2. The van der Waals surface area contributed by atoms with Crippen LogP contribution in [0.4, 0.5) is 0 Å². The first-order valence-corrected chi connectivity index (χ1v) is 8.43. The van der Waals surface area contributed by atoms with Crippen LogP contribution in [0.1, 0.15) is 64.8 Å². The summed E-state index contributed by atoms with van der Waals surface area (Å²) >= 11 is 6.66. The van der Waals surface area contributed by atoms with Crippen molar-refractivity contribution < 1.29 is 9.47 Å². The van der Waals surface area contributed by atoms with Crippen molar-refractivity contribution in [3.8, 4) is 11.5 Å². The van der Waals surface area contributed by atoms with Crippen LogP contribution in [0.3, 0.4) is 0 Å². The molecule has 0 N–H and O–H groups in total. The van der Waals surface area contributed by atoms with Crippen molar-refractivity contribution in [2.24, 2.45) is 5.41 Å². The molecule has 2 nitrogen and oxygen atoms in total. The monoisotopic (exact) mass is 312 g/mol. The van der Waals surface area contributed by atoms with Crippen molar-refractivity contribution in [2.45, 2.75) is 59.3 Å². The summed E-state index contributed by atoms with van der Waals surface area (Å²) in [5, 5.41) is -0.0355. The van der Waals surface area contributed by atoms with Gasteiger partial charge in [0.2, 0.25) is 0 Å². The maximum atomic E-state index is 6.66. The van der Waals surface area contributed by atoms with Crippen LogP contribution >= 0.6 is 11.6 Å². The van der Waals surface area contributed by atoms with Gasteiger partial charge < -0.3 is 9.47 Å². The predicted molar refractivity (Wildman–Crippen MR) is 90.7 cm³/mol. The van der Waals surface area contributed by atoms with Crippen LogP contribution in [0.2, 0.25) is 0 Å². The van der Waals surface area contributed by atoms with Crippen molar-refractivity contribution in [2.75, 3.05) is 13.2 Å². The van der Waals surface area contributed by atoms with E-state index in [2.05, 4.69) is 40.7 Å². The molecule has 1 rings (SSSR count). The molecule has 0 saturated carbocycles. The Kier molecular flexibility index (Phi) is 7.37. The van der Waals surface area contributed by atoms with E-state index in [-0.39, 0.29) is 10.8 Å². The van der Waals surface area contributed by atoms with Gasteiger partial charge in [-0.25, -0.2) is 0 Å². The molecule has 0 amide bonds. The van der Waals surface area contributed by atoms with E-state index in [1.165, 1.54) is 0 Å². The van der Waals surface area contributed by atoms with Crippen LogP contribution in [0.5, 0.6) is 11.5 Å². The van der Waals surface area contributed by atoms with Gasteiger partial charge in [-0.15, -0.1) is 11.6 Å². The van der Waals surface area contributed by atoms with E-state index in [1.807, 2.05) is 12.1 Å². The van der Waals surface area contributed by atoms with Crippen LogP contribution in [0.15, 0.2) is 18.2 Å². The Hall–Kier alpha value is -0.890. The molecular formula is C18H29ClO2. The fourth-order valence-corrected chi connectivity index (χ4v) is 2.26. The molecule has 0 spiro atoms. The van der Waals surface area contributed by atoms with Gasteiger partial charge in [-0.1, -0.05) is 40.7 Å². The second kappa shape index (κ2) is 8.53. The highest BCUT2D eigenvalue weighted by molar-refractivity contribution is 6.21. The molecule has 0 bridgehead atoms. The Balaban J connectivity index is 3.02. The lowest BCUT2D eigenvalue weighted by Crippen LogP contribution is -2.17. The van der Waals surface area contributed by atoms with Crippen LogP contribution in [0.25, 0.3) is 0 Å². The third-order valence-corrected chi connectivity index (χ3v) is 4.62. The van der Waals surface area contributed by atoms with Gasteiger partial charge in [0.25, 0.3) is 0 Å². The van der Waals surface area contributed by atoms with Gasteiger partial charge in [0.05, 0.1) is 18.6 Å². The molecule has 1 aromatic rings. The summed E-state index contributed by atoms with van der Waals surface area (Å²) in [6.45, 7) is 12.1. The molecule has 1 aromatic carbocycles. The first-order chi connectivity index (χ1) is 9.96. The van der Waals surface area contributed by atoms with Gasteiger partial charge in [-0.05, 0) is 42.4 Å². The highest BCUT2D eigenvalue weighted by Crippen LogP contribution is 2.43. The number of hydrogen-bond donors (Lipinski definition) is 0. The quantitative estimate of drug-likeness (QED) is 0.522.